The second-order valence-electron chi connectivity index (χ2n) is 4.58. The lowest BCUT2D eigenvalue weighted by Gasteiger charge is -2.04. The van der Waals surface area contributed by atoms with Crippen LogP contribution < -0.4 is 5.32 Å². The standard InChI is InChI=1S/C14H13F2N3O2S/c1-20-7-9-5-8(19-21-9)6-17-10-3-2-4-11-12(10)22-14(18-11)13(15)16/h2-5,13,17H,6-7H2,1H3. The third-order valence-electron chi connectivity index (χ3n) is 2.97. The highest BCUT2D eigenvalue weighted by molar-refractivity contribution is 7.19. The van der Waals surface area contributed by atoms with Gasteiger partial charge < -0.3 is 14.6 Å². The van der Waals surface area contributed by atoms with Crippen molar-refractivity contribution >= 4 is 27.2 Å². The predicted molar refractivity (Wildman–Crippen MR) is 79.1 cm³/mol. The Morgan fingerprint density at radius 3 is 3.05 bits per heavy atom. The fourth-order valence-electron chi connectivity index (χ4n) is 2.03. The number of alkyl halides is 2. The molecule has 0 saturated carbocycles. The molecule has 0 fully saturated rings. The Labute approximate surface area is 128 Å². The fourth-order valence-corrected chi connectivity index (χ4v) is 2.94. The number of hydrogen-bond acceptors (Lipinski definition) is 6. The van der Waals surface area contributed by atoms with Gasteiger partial charge in [-0.3, -0.25) is 0 Å². The lowest BCUT2D eigenvalue weighted by molar-refractivity contribution is 0.151. The van der Waals surface area contributed by atoms with Gasteiger partial charge >= 0.3 is 0 Å². The number of hydrogen-bond donors (Lipinski definition) is 1. The van der Waals surface area contributed by atoms with Crippen LogP contribution in [-0.2, 0) is 17.9 Å². The number of methoxy groups -OCH3 is 1. The number of fused-ring (bicyclic) bond motifs is 1. The highest BCUT2D eigenvalue weighted by Crippen LogP contribution is 2.33. The highest BCUT2D eigenvalue weighted by Gasteiger charge is 2.15. The molecular formula is C14H13F2N3O2S. The van der Waals surface area contributed by atoms with Crippen LogP contribution >= 0.6 is 11.3 Å². The number of thiazole rings is 1. The van der Waals surface area contributed by atoms with Crippen molar-refractivity contribution in [3.8, 4) is 0 Å². The molecule has 1 N–H and O–H groups in total. The molecule has 0 unspecified atom stereocenters. The molecule has 3 rings (SSSR count). The van der Waals surface area contributed by atoms with E-state index in [4.69, 9.17) is 9.26 Å². The highest BCUT2D eigenvalue weighted by atomic mass is 32.1. The van der Waals surface area contributed by atoms with Crippen molar-refractivity contribution in [2.75, 3.05) is 12.4 Å². The molecule has 0 radical (unpaired) electrons. The fraction of sp³-hybridized carbons (Fsp3) is 0.286. The van der Waals surface area contributed by atoms with Crippen LogP contribution in [0.1, 0.15) is 22.9 Å². The molecule has 1 aromatic carbocycles. The van der Waals surface area contributed by atoms with E-state index in [0.717, 1.165) is 17.0 Å². The molecule has 0 saturated heterocycles. The molecule has 0 bridgehead atoms. The zero-order chi connectivity index (χ0) is 15.5. The van der Waals surface area contributed by atoms with Gasteiger partial charge in [-0.25, -0.2) is 13.8 Å². The summed E-state index contributed by atoms with van der Waals surface area (Å²) in [5, 5.41) is 6.91. The van der Waals surface area contributed by atoms with Gasteiger partial charge in [0, 0.05) is 13.2 Å². The maximum Gasteiger partial charge on any atom is 0.289 e. The van der Waals surface area contributed by atoms with Gasteiger partial charge in [0.25, 0.3) is 6.43 Å². The van der Waals surface area contributed by atoms with Gasteiger partial charge in [-0.1, -0.05) is 11.2 Å². The molecule has 2 aromatic heterocycles. The van der Waals surface area contributed by atoms with E-state index in [0.29, 0.717) is 34.8 Å². The molecule has 8 heteroatoms. The Morgan fingerprint density at radius 1 is 1.41 bits per heavy atom. The zero-order valence-electron chi connectivity index (χ0n) is 11.7. The van der Waals surface area contributed by atoms with Crippen molar-refractivity contribution < 1.29 is 18.0 Å². The largest absolute Gasteiger partial charge is 0.378 e. The summed E-state index contributed by atoms with van der Waals surface area (Å²) in [7, 11) is 1.57. The van der Waals surface area contributed by atoms with Gasteiger partial charge in [0.05, 0.1) is 22.4 Å². The van der Waals surface area contributed by atoms with Gasteiger partial charge in [-0.05, 0) is 12.1 Å². The molecular weight excluding hydrogens is 312 g/mol. The summed E-state index contributed by atoms with van der Waals surface area (Å²) in [6.45, 7) is 0.781. The SMILES string of the molecule is COCc1cc(CNc2cccc3nc(C(F)F)sc23)no1. The van der Waals surface area contributed by atoms with Crippen molar-refractivity contribution in [1.82, 2.24) is 10.1 Å². The lowest BCUT2D eigenvalue weighted by atomic mass is 10.3. The third-order valence-corrected chi connectivity index (χ3v) is 4.08. The number of aromatic nitrogens is 2. The average Bonchev–Trinajstić information content (AvgIpc) is 3.12. The smallest absolute Gasteiger partial charge is 0.289 e. The molecule has 22 heavy (non-hydrogen) atoms. The zero-order valence-corrected chi connectivity index (χ0v) is 12.5. The topological polar surface area (TPSA) is 60.2 Å². The summed E-state index contributed by atoms with van der Waals surface area (Å²) in [6, 6.07) is 7.11. The van der Waals surface area contributed by atoms with E-state index in [1.165, 1.54) is 0 Å². The van der Waals surface area contributed by atoms with E-state index in [2.05, 4.69) is 15.5 Å². The number of nitrogens with zero attached hydrogens (tertiary/aromatic N) is 2. The Balaban J connectivity index is 1.78. The monoisotopic (exact) mass is 325 g/mol. The molecule has 0 atom stereocenters. The molecule has 0 aliphatic carbocycles. The maximum absolute atomic E-state index is 12.8. The van der Waals surface area contributed by atoms with Gasteiger partial charge in [0.15, 0.2) is 10.8 Å². The normalized spacial score (nSPS) is 11.5. The Bertz CT molecular complexity index is 772. The maximum atomic E-state index is 12.8. The molecule has 0 spiro atoms. The number of anilines is 1. The first kappa shape index (κ1) is 14.9. The Morgan fingerprint density at radius 2 is 2.27 bits per heavy atom. The first-order valence-electron chi connectivity index (χ1n) is 6.52. The van der Waals surface area contributed by atoms with Crippen LogP contribution in [-0.4, -0.2) is 17.3 Å². The second kappa shape index (κ2) is 6.37. The molecule has 0 aliphatic heterocycles. The number of halogens is 2. The molecule has 0 amide bonds. The van der Waals surface area contributed by atoms with Crippen molar-refractivity contribution in [3.05, 3.63) is 40.7 Å². The summed E-state index contributed by atoms with van der Waals surface area (Å²) < 4.78 is 36.3. The number of rotatable bonds is 6. The molecule has 2 heterocycles. The number of benzene rings is 1. The van der Waals surface area contributed by atoms with Gasteiger partial charge in [-0.15, -0.1) is 11.3 Å². The Hall–Kier alpha value is -2.06. The van der Waals surface area contributed by atoms with Gasteiger partial charge in [0.2, 0.25) is 0 Å². The number of nitrogens with one attached hydrogen (secondary N) is 1. The van der Waals surface area contributed by atoms with Gasteiger partial charge in [-0.2, -0.15) is 0 Å². The van der Waals surface area contributed by atoms with Crippen LogP contribution in [0.2, 0.25) is 0 Å². The van der Waals surface area contributed by atoms with E-state index in [1.54, 1.807) is 25.3 Å². The predicted octanol–water partition coefficient (Wildman–Crippen LogP) is 3.98. The van der Waals surface area contributed by atoms with Crippen molar-refractivity contribution in [2.24, 2.45) is 0 Å². The van der Waals surface area contributed by atoms with Crippen LogP contribution in [0.25, 0.3) is 10.2 Å². The quantitative estimate of drug-likeness (QED) is 0.743. The Kier molecular flexibility index (Phi) is 4.30. The van der Waals surface area contributed by atoms with E-state index < -0.39 is 6.43 Å². The molecule has 5 nitrogen and oxygen atoms in total. The van der Waals surface area contributed by atoms with E-state index in [1.807, 2.05) is 6.07 Å². The van der Waals surface area contributed by atoms with Crippen molar-refractivity contribution in [2.45, 2.75) is 19.6 Å². The number of ether oxygens (including phenoxy) is 1. The van der Waals surface area contributed by atoms with Gasteiger partial charge in [0.1, 0.15) is 12.3 Å². The molecule has 116 valence electrons. The van der Waals surface area contributed by atoms with Crippen molar-refractivity contribution in [1.29, 1.82) is 0 Å². The van der Waals surface area contributed by atoms with Crippen LogP contribution in [0, 0.1) is 0 Å². The minimum Gasteiger partial charge on any atom is -0.378 e. The minimum atomic E-state index is -2.56. The van der Waals surface area contributed by atoms with Crippen LogP contribution in [0.15, 0.2) is 28.8 Å². The van der Waals surface area contributed by atoms with E-state index in [9.17, 15) is 8.78 Å². The van der Waals surface area contributed by atoms with Crippen LogP contribution in [0.4, 0.5) is 14.5 Å². The summed E-state index contributed by atoms with van der Waals surface area (Å²) >= 11 is 0.993. The third kappa shape index (κ3) is 3.07. The van der Waals surface area contributed by atoms with E-state index >= 15 is 0 Å². The second-order valence-corrected chi connectivity index (χ2v) is 5.61. The summed E-state index contributed by atoms with van der Waals surface area (Å²) in [5.74, 6) is 0.635. The first-order valence-corrected chi connectivity index (χ1v) is 7.34. The van der Waals surface area contributed by atoms with Crippen LogP contribution in [0.3, 0.4) is 0 Å². The van der Waals surface area contributed by atoms with Crippen molar-refractivity contribution in [3.63, 3.8) is 0 Å². The molecule has 0 aliphatic rings. The summed E-state index contributed by atoms with van der Waals surface area (Å²) in [5.41, 5.74) is 2.02. The average molecular weight is 325 g/mol. The lowest BCUT2D eigenvalue weighted by Crippen LogP contribution is -1.99. The minimum absolute atomic E-state index is 0.173. The van der Waals surface area contributed by atoms with Crippen LogP contribution in [0.5, 0.6) is 0 Å². The summed E-state index contributed by atoms with van der Waals surface area (Å²) in [4.78, 5) is 3.93. The first-order chi connectivity index (χ1) is 10.7. The molecule has 3 aromatic rings. The summed E-state index contributed by atoms with van der Waals surface area (Å²) in [6.07, 6.45) is -2.56. The van der Waals surface area contributed by atoms with E-state index in [-0.39, 0.29) is 5.01 Å².